The molecule has 0 radical (unpaired) electrons. The zero-order valence-corrected chi connectivity index (χ0v) is 19.3. The third-order valence-electron chi connectivity index (χ3n) is 4.86. The van der Waals surface area contributed by atoms with Crippen LogP contribution in [-0.2, 0) is 14.4 Å². The predicted molar refractivity (Wildman–Crippen MR) is 128 cm³/mol. The number of amides is 3. The van der Waals surface area contributed by atoms with E-state index < -0.39 is 23.7 Å². The average Bonchev–Trinajstić information content (AvgIpc) is 3.06. The Kier molecular flexibility index (Phi) is 7.57. The number of carboxylic acids is 1. The van der Waals surface area contributed by atoms with Gasteiger partial charge in [-0.05, 0) is 77.9 Å². The molecule has 0 aliphatic carbocycles. The maximum Gasteiger partial charge on any atom is 0.306 e. The van der Waals surface area contributed by atoms with Crippen LogP contribution in [0, 0.1) is 9.49 Å². The maximum atomic E-state index is 12.4. The highest BCUT2D eigenvalue weighted by Gasteiger charge is 2.26. The molecule has 0 saturated heterocycles. The van der Waals surface area contributed by atoms with Gasteiger partial charge in [-0.15, -0.1) is 0 Å². The molecule has 0 aromatic heterocycles. The van der Waals surface area contributed by atoms with Gasteiger partial charge in [-0.3, -0.25) is 19.2 Å². The molecule has 1 aliphatic heterocycles. The van der Waals surface area contributed by atoms with Crippen molar-refractivity contribution in [2.75, 3.05) is 10.6 Å². The van der Waals surface area contributed by atoms with Gasteiger partial charge in [0.2, 0.25) is 5.91 Å². The van der Waals surface area contributed by atoms with Gasteiger partial charge in [0, 0.05) is 26.8 Å². The fraction of sp³-hybridized carbons (Fsp3) is 0.227. The van der Waals surface area contributed by atoms with E-state index in [1.807, 2.05) is 6.07 Å². The van der Waals surface area contributed by atoms with E-state index in [0.717, 1.165) is 3.57 Å². The summed E-state index contributed by atoms with van der Waals surface area (Å²) < 4.78 is 0.936. The number of aliphatic carboxylic acids is 1. The Morgan fingerprint density at radius 2 is 1.88 bits per heavy atom. The number of carbonyl (C=O) groups excluding carboxylic acids is 3. The van der Waals surface area contributed by atoms with Gasteiger partial charge in [0.15, 0.2) is 5.71 Å². The summed E-state index contributed by atoms with van der Waals surface area (Å²) >= 11 is 2.13. The molecule has 1 atom stereocenters. The Morgan fingerprint density at radius 1 is 1.16 bits per heavy atom. The highest BCUT2D eigenvalue weighted by molar-refractivity contribution is 14.1. The second kappa shape index (κ2) is 10.4. The summed E-state index contributed by atoms with van der Waals surface area (Å²) in [6.07, 6.45) is 1.10. The van der Waals surface area contributed by atoms with Crippen molar-refractivity contribution >= 4 is 63.4 Å². The third kappa shape index (κ3) is 5.90. The van der Waals surface area contributed by atoms with Crippen LogP contribution in [0.2, 0.25) is 0 Å². The van der Waals surface area contributed by atoms with Gasteiger partial charge in [-0.2, -0.15) is 5.10 Å². The minimum atomic E-state index is -0.878. The number of anilines is 2. The van der Waals surface area contributed by atoms with Gasteiger partial charge in [-0.25, -0.2) is 5.43 Å². The number of benzene rings is 2. The second-order valence-corrected chi connectivity index (χ2v) is 8.55. The fourth-order valence-corrected chi connectivity index (χ4v) is 3.52. The largest absolute Gasteiger partial charge is 0.481 e. The van der Waals surface area contributed by atoms with Crippen LogP contribution in [0.1, 0.15) is 42.1 Å². The summed E-state index contributed by atoms with van der Waals surface area (Å²) in [7, 11) is 0. The molecule has 10 heteroatoms. The molecule has 32 heavy (non-hydrogen) atoms. The van der Waals surface area contributed by atoms with Gasteiger partial charge in [-0.1, -0.05) is 6.92 Å². The fourth-order valence-electron chi connectivity index (χ4n) is 3.03. The number of fused-ring (bicyclic) bond motifs is 1. The van der Waals surface area contributed by atoms with Crippen LogP contribution < -0.4 is 16.1 Å². The molecule has 2 aromatic rings. The van der Waals surface area contributed by atoms with E-state index in [9.17, 15) is 19.2 Å². The van der Waals surface area contributed by atoms with Crippen molar-refractivity contribution in [2.45, 2.75) is 26.2 Å². The lowest BCUT2D eigenvalue weighted by atomic mass is 10.0. The minimum Gasteiger partial charge on any atom is -0.481 e. The van der Waals surface area contributed by atoms with Crippen LogP contribution in [0.4, 0.5) is 11.4 Å². The zero-order chi connectivity index (χ0) is 23.3. The van der Waals surface area contributed by atoms with Crippen LogP contribution >= 0.6 is 22.6 Å². The Bertz CT molecular complexity index is 1100. The molecule has 0 fully saturated rings. The van der Waals surface area contributed by atoms with Crippen LogP contribution in [0.15, 0.2) is 47.6 Å². The van der Waals surface area contributed by atoms with E-state index in [2.05, 4.69) is 43.8 Å². The van der Waals surface area contributed by atoms with E-state index in [4.69, 9.17) is 5.11 Å². The number of hydrazone groups is 1. The average molecular weight is 548 g/mol. The zero-order valence-electron chi connectivity index (χ0n) is 17.1. The van der Waals surface area contributed by atoms with Gasteiger partial charge >= 0.3 is 5.97 Å². The molecule has 0 saturated carbocycles. The lowest BCUT2D eigenvalue weighted by Crippen LogP contribution is -2.23. The van der Waals surface area contributed by atoms with Gasteiger partial charge < -0.3 is 15.7 Å². The van der Waals surface area contributed by atoms with E-state index in [0.29, 0.717) is 35.3 Å². The van der Waals surface area contributed by atoms with Crippen molar-refractivity contribution < 1.29 is 24.3 Å². The number of nitrogens with one attached hydrogen (secondary N) is 3. The summed E-state index contributed by atoms with van der Waals surface area (Å²) in [5.74, 6) is -2.48. The quantitative estimate of drug-likeness (QED) is 0.297. The molecular weight excluding hydrogens is 527 g/mol. The molecule has 1 unspecified atom stereocenters. The predicted octanol–water partition coefficient (Wildman–Crippen LogP) is 3.21. The number of nitrogens with zero attached hydrogens (tertiary/aromatic N) is 1. The van der Waals surface area contributed by atoms with Crippen molar-refractivity contribution in [3.8, 4) is 0 Å². The van der Waals surface area contributed by atoms with E-state index in [1.165, 1.54) is 12.1 Å². The lowest BCUT2D eigenvalue weighted by Gasteiger charge is -2.08. The van der Waals surface area contributed by atoms with Crippen molar-refractivity contribution in [1.29, 1.82) is 0 Å². The summed E-state index contributed by atoms with van der Waals surface area (Å²) in [6.45, 7) is 1.60. The van der Waals surface area contributed by atoms with Crippen LogP contribution in [-0.4, -0.2) is 34.5 Å². The number of carbonyl (C=O) groups is 4. The Hall–Kier alpha value is -3.28. The molecule has 4 N–H and O–H groups in total. The van der Waals surface area contributed by atoms with Gasteiger partial charge in [0.25, 0.3) is 11.8 Å². The second-order valence-electron chi connectivity index (χ2n) is 7.30. The molecule has 9 nitrogen and oxygen atoms in total. The van der Waals surface area contributed by atoms with Gasteiger partial charge in [0.1, 0.15) is 0 Å². The number of rotatable bonds is 8. The molecule has 0 bridgehead atoms. The normalized spacial score (nSPS) is 14.4. The summed E-state index contributed by atoms with van der Waals surface area (Å²) in [5, 5.41) is 18.3. The van der Waals surface area contributed by atoms with Crippen molar-refractivity contribution in [3.63, 3.8) is 0 Å². The lowest BCUT2D eigenvalue weighted by molar-refractivity contribution is -0.141. The maximum absolute atomic E-state index is 12.4. The van der Waals surface area contributed by atoms with Crippen molar-refractivity contribution in [3.05, 3.63) is 57.2 Å². The summed E-state index contributed by atoms with van der Waals surface area (Å²) in [6, 6.07) is 11.7. The highest BCUT2D eigenvalue weighted by Crippen LogP contribution is 2.25. The van der Waals surface area contributed by atoms with E-state index in [-0.39, 0.29) is 18.0 Å². The Morgan fingerprint density at radius 3 is 2.56 bits per heavy atom. The molecule has 166 valence electrons. The summed E-state index contributed by atoms with van der Waals surface area (Å²) in [4.78, 5) is 47.3. The molecule has 1 aliphatic rings. The van der Waals surface area contributed by atoms with Crippen molar-refractivity contribution in [2.24, 2.45) is 11.0 Å². The molecule has 3 amide bonds. The molecule has 1 heterocycles. The first-order valence-electron chi connectivity index (χ1n) is 9.86. The summed E-state index contributed by atoms with van der Waals surface area (Å²) in [5.41, 5.74) is 4.61. The SMILES string of the molecule is CC(CCCC(=O)Nc1ccc(C(=O)NN=C2C(=O)Nc3ccc(I)cc32)cc1)C(=O)O. The Labute approximate surface area is 197 Å². The van der Waals surface area contributed by atoms with E-state index >= 15 is 0 Å². The van der Waals surface area contributed by atoms with Crippen molar-refractivity contribution in [1.82, 2.24) is 5.43 Å². The first-order valence-corrected chi connectivity index (χ1v) is 10.9. The minimum absolute atomic E-state index is 0.132. The first-order chi connectivity index (χ1) is 15.2. The van der Waals surface area contributed by atoms with Crippen LogP contribution in [0.3, 0.4) is 0 Å². The first kappa shape index (κ1) is 23.4. The number of hydrogen-bond donors (Lipinski definition) is 4. The monoisotopic (exact) mass is 548 g/mol. The molecule has 3 rings (SSSR count). The number of halogens is 1. The molecule has 2 aromatic carbocycles. The van der Waals surface area contributed by atoms with Crippen LogP contribution in [0.25, 0.3) is 0 Å². The third-order valence-corrected chi connectivity index (χ3v) is 5.53. The van der Waals surface area contributed by atoms with Crippen LogP contribution in [0.5, 0.6) is 0 Å². The topological polar surface area (TPSA) is 137 Å². The molecular formula is C22H21IN4O5. The highest BCUT2D eigenvalue weighted by atomic mass is 127. The van der Waals surface area contributed by atoms with Gasteiger partial charge in [0.05, 0.1) is 11.6 Å². The smallest absolute Gasteiger partial charge is 0.306 e. The Balaban J connectivity index is 1.55. The number of hydrogen-bond acceptors (Lipinski definition) is 5. The van der Waals surface area contributed by atoms with E-state index in [1.54, 1.807) is 31.2 Å². The number of carboxylic acid groups (broad SMARTS) is 1. The standard InChI is InChI=1S/C22H21IN4O5/c1-12(22(31)32)3-2-4-18(28)24-15-8-5-13(6-9-15)20(29)27-26-19-16-11-14(23)7-10-17(16)25-21(19)30/h5-12H,2-4H2,1H3,(H,24,28)(H,27,29)(H,31,32)(H,25,26,30). The molecule has 0 spiro atoms.